The number of alkyl halides is 2. The number of aromatic hydroxyl groups is 1. The van der Waals surface area contributed by atoms with Gasteiger partial charge in [0.05, 0.1) is 17.9 Å². The van der Waals surface area contributed by atoms with Crippen LogP contribution in [0, 0.1) is 17.6 Å². The number of halogens is 4. The highest BCUT2D eigenvalue weighted by atomic mass is 19.3. The van der Waals surface area contributed by atoms with E-state index in [1.54, 1.807) is 4.90 Å². The molecule has 186 valence electrons. The van der Waals surface area contributed by atoms with Crippen LogP contribution in [0.5, 0.6) is 5.88 Å². The lowest BCUT2D eigenvalue weighted by atomic mass is 10.00. The molecule has 1 aliphatic rings. The number of nitrogens with two attached hydrogens (primary N) is 1. The lowest BCUT2D eigenvalue weighted by molar-refractivity contribution is -0.126. The Morgan fingerprint density at radius 2 is 2.00 bits per heavy atom. The molecule has 3 rings (SSSR count). The Hall–Kier alpha value is -3.12. The van der Waals surface area contributed by atoms with E-state index in [1.807, 2.05) is 0 Å². The van der Waals surface area contributed by atoms with Crippen molar-refractivity contribution in [2.45, 2.75) is 25.9 Å². The van der Waals surface area contributed by atoms with Crippen molar-refractivity contribution in [3.63, 3.8) is 0 Å². The van der Waals surface area contributed by atoms with Gasteiger partial charge in [0.1, 0.15) is 17.2 Å². The van der Waals surface area contributed by atoms with Crippen LogP contribution in [0.4, 0.5) is 23.2 Å². The Kier molecular flexibility index (Phi) is 8.51. The molecule has 34 heavy (non-hydrogen) atoms. The first-order valence-corrected chi connectivity index (χ1v) is 10.8. The van der Waals surface area contributed by atoms with E-state index < -0.39 is 42.2 Å². The van der Waals surface area contributed by atoms with Gasteiger partial charge in [-0.2, -0.15) is 8.78 Å². The minimum absolute atomic E-state index is 0.00813. The SMILES string of the molecule is NCCCC1CCN(c2c(C(=O)NCCOC(F)F)c(O)[nH]c(=O)c2-c2cc(F)cc(F)c2)C1. The molecule has 0 aliphatic carbocycles. The summed E-state index contributed by atoms with van der Waals surface area (Å²) in [5.41, 5.74) is 4.11. The van der Waals surface area contributed by atoms with E-state index in [9.17, 15) is 32.3 Å². The lowest BCUT2D eigenvalue weighted by Gasteiger charge is -2.25. The van der Waals surface area contributed by atoms with Gasteiger partial charge in [-0.3, -0.25) is 14.6 Å². The van der Waals surface area contributed by atoms with Gasteiger partial charge in [0.15, 0.2) is 0 Å². The molecule has 1 aromatic carbocycles. The maximum Gasteiger partial charge on any atom is 0.345 e. The van der Waals surface area contributed by atoms with Crippen LogP contribution in [0.25, 0.3) is 11.1 Å². The first-order chi connectivity index (χ1) is 16.2. The monoisotopic (exact) mass is 486 g/mol. The third-order valence-corrected chi connectivity index (χ3v) is 5.60. The Bertz CT molecular complexity index is 1060. The molecular formula is C22H26F4N4O4. The lowest BCUT2D eigenvalue weighted by Crippen LogP contribution is -2.33. The van der Waals surface area contributed by atoms with Crippen molar-refractivity contribution >= 4 is 11.6 Å². The van der Waals surface area contributed by atoms with E-state index in [0.29, 0.717) is 32.1 Å². The zero-order valence-corrected chi connectivity index (χ0v) is 18.3. The smallest absolute Gasteiger partial charge is 0.345 e. The van der Waals surface area contributed by atoms with Gasteiger partial charge in [0, 0.05) is 25.7 Å². The van der Waals surface area contributed by atoms with Gasteiger partial charge in [0.2, 0.25) is 5.88 Å². The minimum atomic E-state index is -3.02. The fourth-order valence-electron chi connectivity index (χ4n) is 4.15. The molecule has 1 saturated heterocycles. The number of anilines is 1. The summed E-state index contributed by atoms with van der Waals surface area (Å²) < 4.78 is 56.5. The molecule has 2 heterocycles. The van der Waals surface area contributed by atoms with Crippen molar-refractivity contribution in [3.05, 3.63) is 45.8 Å². The number of nitrogens with one attached hydrogen (secondary N) is 2. The van der Waals surface area contributed by atoms with Crippen LogP contribution in [0.15, 0.2) is 23.0 Å². The predicted molar refractivity (Wildman–Crippen MR) is 117 cm³/mol. The highest BCUT2D eigenvalue weighted by molar-refractivity contribution is 6.05. The van der Waals surface area contributed by atoms with Gasteiger partial charge in [-0.15, -0.1) is 0 Å². The van der Waals surface area contributed by atoms with Crippen molar-refractivity contribution in [1.29, 1.82) is 0 Å². The Labute approximate surface area is 192 Å². The number of carbonyl (C=O) groups excluding carboxylic acids is 1. The summed E-state index contributed by atoms with van der Waals surface area (Å²) >= 11 is 0. The van der Waals surface area contributed by atoms with Gasteiger partial charge < -0.3 is 25.8 Å². The number of rotatable bonds is 10. The van der Waals surface area contributed by atoms with Crippen LogP contribution in [0.3, 0.4) is 0 Å². The summed E-state index contributed by atoms with van der Waals surface area (Å²) in [6, 6.07) is 2.55. The number of amides is 1. The van der Waals surface area contributed by atoms with Gasteiger partial charge in [-0.05, 0) is 49.4 Å². The molecule has 1 amide bonds. The van der Waals surface area contributed by atoms with Crippen LogP contribution in [-0.2, 0) is 4.74 Å². The van der Waals surface area contributed by atoms with E-state index in [2.05, 4.69) is 15.0 Å². The van der Waals surface area contributed by atoms with E-state index in [1.165, 1.54) is 0 Å². The van der Waals surface area contributed by atoms with Crippen LogP contribution in [0.2, 0.25) is 0 Å². The minimum Gasteiger partial charge on any atom is -0.494 e. The van der Waals surface area contributed by atoms with E-state index >= 15 is 0 Å². The van der Waals surface area contributed by atoms with Crippen molar-refractivity contribution in [2.24, 2.45) is 11.7 Å². The standard InChI is InChI=1S/C22H26F4N4O4/c23-14-8-13(9-15(24)10-14)16-18(30-6-3-12(11-30)2-1-4-27)17(21(33)29-20(16)32)19(31)28-5-7-34-22(25)26/h8-10,12,22H,1-7,11,27H2,(H,28,31)(H2,29,32,33). The van der Waals surface area contributed by atoms with E-state index in [-0.39, 0.29) is 34.8 Å². The summed E-state index contributed by atoms with van der Waals surface area (Å²) in [7, 11) is 0. The van der Waals surface area contributed by atoms with Crippen molar-refractivity contribution in [2.75, 3.05) is 37.7 Å². The number of nitrogens with zero attached hydrogens (tertiary/aromatic N) is 1. The van der Waals surface area contributed by atoms with Crippen LogP contribution >= 0.6 is 0 Å². The van der Waals surface area contributed by atoms with Gasteiger partial charge in [0.25, 0.3) is 11.5 Å². The molecule has 2 aromatic rings. The van der Waals surface area contributed by atoms with Crippen LogP contribution in [-0.4, -0.2) is 55.4 Å². The summed E-state index contributed by atoms with van der Waals surface area (Å²) in [5, 5.41) is 12.8. The predicted octanol–water partition coefficient (Wildman–Crippen LogP) is 2.56. The fraction of sp³-hybridized carbons (Fsp3) is 0.455. The number of carbonyl (C=O) groups is 1. The normalized spacial score (nSPS) is 15.8. The topological polar surface area (TPSA) is 121 Å². The molecule has 5 N–H and O–H groups in total. The maximum absolute atomic E-state index is 14.0. The highest BCUT2D eigenvalue weighted by Gasteiger charge is 2.32. The van der Waals surface area contributed by atoms with Crippen molar-refractivity contribution < 1.29 is 32.2 Å². The Morgan fingerprint density at radius 3 is 2.65 bits per heavy atom. The van der Waals surface area contributed by atoms with Crippen LogP contribution in [0.1, 0.15) is 29.6 Å². The molecule has 1 aliphatic heterocycles. The average molecular weight is 486 g/mol. The molecule has 12 heteroatoms. The number of aromatic nitrogens is 1. The second-order valence-electron chi connectivity index (χ2n) is 7.98. The summed E-state index contributed by atoms with van der Waals surface area (Å²) in [6.07, 6.45) is 2.30. The quantitative estimate of drug-likeness (QED) is 0.303. The first kappa shape index (κ1) is 25.5. The summed E-state index contributed by atoms with van der Waals surface area (Å²) in [6.45, 7) is -2.47. The zero-order valence-electron chi connectivity index (χ0n) is 18.3. The van der Waals surface area contributed by atoms with E-state index in [0.717, 1.165) is 25.0 Å². The number of ether oxygens (including phenoxy) is 1. The second-order valence-corrected chi connectivity index (χ2v) is 7.98. The molecule has 1 aromatic heterocycles. The molecule has 0 radical (unpaired) electrons. The Balaban J connectivity index is 2.07. The third kappa shape index (κ3) is 6.06. The highest BCUT2D eigenvalue weighted by Crippen LogP contribution is 2.38. The molecule has 0 bridgehead atoms. The number of aromatic amines is 1. The number of H-pyrrole nitrogens is 1. The molecule has 1 atom stereocenters. The average Bonchev–Trinajstić information content (AvgIpc) is 3.22. The second kappa shape index (κ2) is 11.3. The van der Waals surface area contributed by atoms with Crippen molar-refractivity contribution in [1.82, 2.24) is 10.3 Å². The maximum atomic E-state index is 14.0. The number of benzene rings is 1. The molecule has 0 saturated carbocycles. The summed E-state index contributed by atoms with van der Waals surface area (Å²) in [4.78, 5) is 29.7. The number of hydrogen-bond acceptors (Lipinski definition) is 6. The largest absolute Gasteiger partial charge is 0.494 e. The molecule has 1 fully saturated rings. The van der Waals surface area contributed by atoms with E-state index in [4.69, 9.17) is 5.73 Å². The molecular weight excluding hydrogens is 460 g/mol. The van der Waals surface area contributed by atoms with Crippen LogP contribution < -0.4 is 21.5 Å². The van der Waals surface area contributed by atoms with Crippen molar-refractivity contribution in [3.8, 4) is 17.0 Å². The molecule has 0 spiro atoms. The fourth-order valence-corrected chi connectivity index (χ4v) is 4.15. The molecule has 8 nitrogen and oxygen atoms in total. The van der Waals surface area contributed by atoms with Gasteiger partial charge >= 0.3 is 6.61 Å². The van der Waals surface area contributed by atoms with Gasteiger partial charge in [-0.1, -0.05) is 0 Å². The molecule has 1 unspecified atom stereocenters. The first-order valence-electron chi connectivity index (χ1n) is 10.8. The Morgan fingerprint density at radius 1 is 1.29 bits per heavy atom. The number of pyridine rings is 1. The van der Waals surface area contributed by atoms with Gasteiger partial charge in [-0.25, -0.2) is 8.78 Å². The third-order valence-electron chi connectivity index (χ3n) is 5.60. The summed E-state index contributed by atoms with van der Waals surface area (Å²) in [5.74, 6) is -3.28. The number of hydrogen-bond donors (Lipinski definition) is 4. The zero-order chi connectivity index (χ0) is 24.8.